The van der Waals surface area contributed by atoms with Crippen molar-refractivity contribution in [1.29, 1.82) is 0 Å². The van der Waals surface area contributed by atoms with Crippen LogP contribution in [-0.2, 0) is 11.3 Å². The summed E-state index contributed by atoms with van der Waals surface area (Å²) in [6, 6.07) is 13.7. The minimum Gasteiger partial charge on any atom is -0.497 e. The van der Waals surface area contributed by atoms with Gasteiger partial charge < -0.3 is 14.5 Å². The molecule has 1 aromatic heterocycles. The minimum absolute atomic E-state index is 0.0536. The molecule has 0 radical (unpaired) electrons. The average molecular weight is 616 g/mol. The highest BCUT2D eigenvalue weighted by molar-refractivity contribution is 6.06. The summed E-state index contributed by atoms with van der Waals surface area (Å²) in [5.41, 5.74) is 3.96. The second kappa shape index (κ2) is 13.3. The highest BCUT2D eigenvalue weighted by atomic mass is 16.6. The van der Waals surface area contributed by atoms with Gasteiger partial charge in [-0.25, -0.2) is 4.79 Å². The summed E-state index contributed by atoms with van der Waals surface area (Å²) in [5.74, 6) is 1.22. The smallest absolute Gasteiger partial charge is 0.331 e. The van der Waals surface area contributed by atoms with Gasteiger partial charge in [-0.15, -0.1) is 0 Å². The van der Waals surface area contributed by atoms with Crippen LogP contribution >= 0.6 is 0 Å². The first kappa shape index (κ1) is 30.6. The van der Waals surface area contributed by atoms with E-state index >= 15 is 0 Å². The maximum absolute atomic E-state index is 13.5. The van der Waals surface area contributed by atoms with Gasteiger partial charge in [0.15, 0.2) is 0 Å². The fraction of sp³-hybridized carbons (Fsp3) is 0.485. The van der Waals surface area contributed by atoms with Gasteiger partial charge in [-0.05, 0) is 80.0 Å². The number of aryl methyl sites for hydroxylation is 1. The van der Waals surface area contributed by atoms with Gasteiger partial charge in [0.2, 0.25) is 5.91 Å². The van der Waals surface area contributed by atoms with Crippen molar-refractivity contribution in [3.05, 3.63) is 76.1 Å². The Balaban J connectivity index is 1.00. The molecule has 4 heterocycles. The molecule has 3 aliphatic rings. The number of likely N-dealkylation sites (tertiary alicyclic amines) is 1. The molecule has 6 rings (SSSR count). The van der Waals surface area contributed by atoms with Crippen molar-refractivity contribution in [2.45, 2.75) is 51.6 Å². The summed E-state index contributed by atoms with van der Waals surface area (Å²) in [6.07, 6.45) is 7.34. The SMILES string of the molecule is COc1ccc(CN2C(=O)CCN(c3ccc(N4CCC(CN5CCC(n6cc([N+](=O)[O-])cn6)CC5)CC4)cc3C)C2=O)cc1. The number of hydrogen-bond donors (Lipinski definition) is 0. The highest BCUT2D eigenvalue weighted by Crippen LogP contribution is 2.32. The lowest BCUT2D eigenvalue weighted by atomic mass is 9.94. The Labute approximate surface area is 263 Å². The van der Waals surface area contributed by atoms with Crippen LogP contribution in [0.5, 0.6) is 5.75 Å². The Morgan fingerprint density at radius 2 is 1.71 bits per heavy atom. The standard InChI is InChI=1S/C33H41N7O5/c1-24-19-28(5-8-31(24)37-18-13-32(41)38(33(37)42)22-25-3-6-30(45-2)7-4-25)36-16-9-26(10-17-36)21-35-14-11-27(12-15-35)39-23-29(20-34-39)40(43)44/h3-8,19-20,23,26-27H,9-18,21-22H2,1-2H3. The summed E-state index contributed by atoms with van der Waals surface area (Å²) < 4.78 is 6.99. The number of nitro groups is 1. The van der Waals surface area contributed by atoms with Crippen LogP contribution in [0.15, 0.2) is 54.9 Å². The van der Waals surface area contributed by atoms with E-state index in [0.29, 0.717) is 18.9 Å². The topological polar surface area (TPSA) is 117 Å². The van der Waals surface area contributed by atoms with E-state index in [2.05, 4.69) is 27.0 Å². The van der Waals surface area contributed by atoms with Crippen molar-refractivity contribution in [2.75, 3.05) is 56.2 Å². The molecule has 0 unspecified atom stereocenters. The van der Waals surface area contributed by atoms with Gasteiger partial charge >= 0.3 is 11.7 Å². The maximum Gasteiger partial charge on any atom is 0.331 e. The van der Waals surface area contributed by atoms with Crippen LogP contribution in [0.2, 0.25) is 0 Å². The largest absolute Gasteiger partial charge is 0.497 e. The molecule has 3 amide bonds. The number of piperidine rings is 2. The molecule has 238 valence electrons. The molecule has 12 heteroatoms. The first-order valence-corrected chi connectivity index (χ1v) is 15.8. The van der Waals surface area contributed by atoms with E-state index in [1.54, 1.807) is 22.9 Å². The number of amides is 3. The lowest BCUT2D eigenvalue weighted by Gasteiger charge is -2.39. The molecule has 3 saturated heterocycles. The Bertz CT molecular complexity index is 1520. The number of aromatic nitrogens is 2. The highest BCUT2D eigenvalue weighted by Gasteiger charge is 2.34. The van der Waals surface area contributed by atoms with E-state index in [1.165, 1.54) is 16.8 Å². The van der Waals surface area contributed by atoms with Gasteiger partial charge in [0, 0.05) is 57.1 Å². The third-order valence-corrected chi connectivity index (χ3v) is 9.51. The van der Waals surface area contributed by atoms with Gasteiger partial charge in [0.05, 0.1) is 24.6 Å². The molecule has 0 atom stereocenters. The van der Waals surface area contributed by atoms with Crippen molar-refractivity contribution in [3.63, 3.8) is 0 Å². The third-order valence-electron chi connectivity index (χ3n) is 9.51. The Morgan fingerprint density at radius 3 is 2.36 bits per heavy atom. The number of methoxy groups -OCH3 is 1. The quantitative estimate of drug-likeness (QED) is 0.243. The molecular weight excluding hydrogens is 574 g/mol. The molecule has 3 aromatic rings. The van der Waals surface area contributed by atoms with E-state index in [9.17, 15) is 19.7 Å². The molecule has 0 spiro atoms. The summed E-state index contributed by atoms with van der Waals surface area (Å²) in [6.45, 7) is 7.68. The molecule has 45 heavy (non-hydrogen) atoms. The van der Waals surface area contributed by atoms with Crippen LogP contribution in [0.1, 0.15) is 49.3 Å². The van der Waals surface area contributed by atoms with Crippen LogP contribution in [0, 0.1) is 23.0 Å². The van der Waals surface area contributed by atoms with Gasteiger partial charge in [0.25, 0.3) is 0 Å². The normalized spacial score (nSPS) is 18.9. The number of nitrogens with zero attached hydrogens (tertiary/aromatic N) is 7. The molecule has 0 N–H and O–H groups in total. The van der Waals surface area contributed by atoms with Crippen molar-refractivity contribution in [3.8, 4) is 5.75 Å². The second-order valence-corrected chi connectivity index (χ2v) is 12.4. The van der Waals surface area contributed by atoms with Gasteiger partial charge in [-0.1, -0.05) is 12.1 Å². The number of anilines is 2. The molecule has 2 aromatic carbocycles. The zero-order valence-electron chi connectivity index (χ0n) is 26.0. The lowest BCUT2D eigenvalue weighted by molar-refractivity contribution is -0.385. The van der Waals surface area contributed by atoms with Crippen LogP contribution in [0.25, 0.3) is 0 Å². The van der Waals surface area contributed by atoms with E-state index < -0.39 is 4.92 Å². The average Bonchev–Trinajstić information content (AvgIpc) is 3.56. The molecule has 3 fully saturated rings. The van der Waals surface area contributed by atoms with E-state index in [1.807, 2.05) is 37.3 Å². The fourth-order valence-corrected chi connectivity index (χ4v) is 6.85. The second-order valence-electron chi connectivity index (χ2n) is 12.4. The van der Waals surface area contributed by atoms with Gasteiger partial charge in [-0.2, -0.15) is 5.10 Å². The number of ether oxygens (including phenoxy) is 1. The summed E-state index contributed by atoms with van der Waals surface area (Å²) >= 11 is 0. The predicted molar refractivity (Wildman–Crippen MR) is 171 cm³/mol. The zero-order valence-corrected chi connectivity index (χ0v) is 26.0. The Morgan fingerprint density at radius 1 is 0.978 bits per heavy atom. The van der Waals surface area contributed by atoms with Crippen molar-refractivity contribution >= 4 is 29.0 Å². The monoisotopic (exact) mass is 615 g/mol. The fourth-order valence-electron chi connectivity index (χ4n) is 6.85. The number of rotatable bonds is 9. The van der Waals surface area contributed by atoms with Gasteiger partial charge in [0.1, 0.15) is 18.1 Å². The number of hydrogen-bond acceptors (Lipinski definition) is 8. The Hall–Kier alpha value is -4.45. The van der Waals surface area contributed by atoms with Gasteiger partial charge in [-0.3, -0.25) is 29.4 Å². The maximum atomic E-state index is 13.5. The van der Waals surface area contributed by atoms with Crippen molar-refractivity contribution in [1.82, 2.24) is 19.6 Å². The lowest BCUT2D eigenvalue weighted by Crippen LogP contribution is -2.52. The molecule has 12 nitrogen and oxygen atoms in total. The van der Waals surface area contributed by atoms with Crippen LogP contribution in [-0.4, -0.2) is 82.8 Å². The number of urea groups is 1. The number of carbonyl (C=O) groups excluding carboxylic acids is 2. The van der Waals surface area contributed by atoms with E-state index in [0.717, 1.165) is 81.0 Å². The molecule has 0 saturated carbocycles. The molecule has 3 aliphatic heterocycles. The number of benzene rings is 2. The molecule has 0 aliphatic carbocycles. The number of imide groups is 1. The van der Waals surface area contributed by atoms with Crippen LogP contribution in [0.3, 0.4) is 0 Å². The number of carbonyl (C=O) groups is 2. The molecular formula is C33H41N7O5. The summed E-state index contributed by atoms with van der Waals surface area (Å²) in [7, 11) is 1.61. The van der Waals surface area contributed by atoms with Crippen molar-refractivity contribution in [2.24, 2.45) is 5.92 Å². The summed E-state index contributed by atoms with van der Waals surface area (Å²) in [5, 5.41) is 15.2. The minimum atomic E-state index is -0.390. The van der Waals surface area contributed by atoms with E-state index in [4.69, 9.17) is 4.74 Å². The first-order chi connectivity index (χ1) is 21.8. The predicted octanol–water partition coefficient (Wildman–Crippen LogP) is 5.02. The zero-order chi connectivity index (χ0) is 31.5. The van der Waals surface area contributed by atoms with Crippen molar-refractivity contribution < 1.29 is 19.2 Å². The third kappa shape index (κ3) is 6.80. The molecule has 0 bridgehead atoms. The first-order valence-electron chi connectivity index (χ1n) is 15.8. The van der Waals surface area contributed by atoms with E-state index in [-0.39, 0.29) is 30.2 Å². The van der Waals surface area contributed by atoms with Crippen LogP contribution < -0.4 is 14.5 Å². The Kier molecular flexibility index (Phi) is 9.02. The van der Waals surface area contributed by atoms with Crippen LogP contribution in [0.4, 0.5) is 21.9 Å². The summed E-state index contributed by atoms with van der Waals surface area (Å²) in [4.78, 5) is 44.8.